The lowest BCUT2D eigenvalue weighted by Gasteiger charge is -2.15. The summed E-state index contributed by atoms with van der Waals surface area (Å²) in [5.41, 5.74) is 14.2. The Labute approximate surface area is 468 Å². The molecule has 0 bridgehead atoms. The lowest BCUT2D eigenvalue weighted by atomic mass is 9.95. The van der Waals surface area contributed by atoms with Gasteiger partial charge in [-0.2, -0.15) is 52.6 Å². The molecule has 12 rings (SSSR count). The summed E-state index contributed by atoms with van der Waals surface area (Å²) in [6, 6.07) is 76.5. The topological polar surface area (TPSA) is 248 Å². The van der Waals surface area contributed by atoms with Gasteiger partial charge >= 0.3 is 0 Å². The van der Waals surface area contributed by atoms with Crippen molar-refractivity contribution in [2.45, 2.75) is 0 Å². The summed E-state index contributed by atoms with van der Waals surface area (Å²) in [5, 5.41) is 104. The maximum Gasteiger partial charge on any atom is 0.101 e. The van der Waals surface area contributed by atoms with Gasteiger partial charge in [0.1, 0.15) is 12.1 Å². The van der Waals surface area contributed by atoms with Gasteiger partial charge in [0.05, 0.1) is 138 Å². The molecule has 0 spiro atoms. The standard InChI is InChI=1S/C70H30N12/c71-31-41-1-13-57(53(21-41)37-77)47-9-17-65-61(25-47)62-26-48(58-14-2-42(32-72)22-54(58)38-78)10-18-66(62)81(65)69-29-45(5-7-51(69)35-75)46-6-8-52(36-76)70(30-46)82-67-19-11-49(59-15-3-43(33-73)23-55(59)39-79)27-63(67)64-28-50(12-20-68(64)82)60-16-4-44(34-74)24-56(60)40-80/h1-30H. The molecule has 370 valence electrons. The molecule has 0 atom stereocenters. The summed E-state index contributed by atoms with van der Waals surface area (Å²) in [6.07, 6.45) is 0. The second-order valence-electron chi connectivity index (χ2n) is 19.2. The fourth-order valence-electron chi connectivity index (χ4n) is 11.0. The van der Waals surface area contributed by atoms with Crippen LogP contribution in [0.3, 0.4) is 0 Å². The highest BCUT2D eigenvalue weighted by Gasteiger charge is 2.23. The minimum atomic E-state index is 0.324. The molecular weight excluding hydrogens is 1010 g/mol. The largest absolute Gasteiger partial charge is 0.308 e. The van der Waals surface area contributed by atoms with Gasteiger partial charge < -0.3 is 9.13 Å². The monoisotopic (exact) mass is 1040 g/mol. The average Bonchev–Trinajstić information content (AvgIpc) is 4.27. The SMILES string of the molecule is N#Cc1ccc(-c2ccc3c(c2)c2cc(-c4ccc(C#N)cc4C#N)ccc2n3-c2cc(-c3ccc(C#N)c(-n4c5ccc(-c6ccc(C#N)cc6C#N)cc5c5cc(-c6ccc(C#N)cc6C#N)ccc54)c3)ccc2C#N)c(C#N)c1. The molecule has 0 aliphatic carbocycles. The maximum absolute atomic E-state index is 10.9. The zero-order chi connectivity index (χ0) is 56.8. The van der Waals surface area contributed by atoms with Crippen LogP contribution in [0.2, 0.25) is 0 Å². The molecule has 0 unspecified atom stereocenters. The average molecular weight is 1040 g/mol. The summed E-state index contributed by atoms with van der Waals surface area (Å²) < 4.78 is 4.02. The first-order chi connectivity index (χ1) is 40.2. The van der Waals surface area contributed by atoms with Crippen LogP contribution in [-0.2, 0) is 0 Å². The Bertz CT molecular complexity index is 4710. The van der Waals surface area contributed by atoms with E-state index in [0.29, 0.717) is 112 Å². The van der Waals surface area contributed by atoms with E-state index < -0.39 is 0 Å². The molecule has 82 heavy (non-hydrogen) atoms. The molecule has 12 aromatic rings. The van der Waals surface area contributed by atoms with Crippen LogP contribution in [0, 0.1) is 113 Å². The summed E-state index contributed by atoms with van der Waals surface area (Å²) in [4.78, 5) is 0. The zero-order valence-corrected chi connectivity index (χ0v) is 42.7. The van der Waals surface area contributed by atoms with E-state index in [2.05, 4.69) is 60.7 Å². The van der Waals surface area contributed by atoms with Gasteiger partial charge in [0.15, 0.2) is 0 Å². The van der Waals surface area contributed by atoms with E-state index in [1.165, 1.54) is 0 Å². The summed E-state index contributed by atoms with van der Waals surface area (Å²) in [6.45, 7) is 0. The fourth-order valence-corrected chi connectivity index (χ4v) is 11.0. The fraction of sp³-hybridized carbons (Fsp3) is 0. The molecule has 2 heterocycles. The van der Waals surface area contributed by atoms with Gasteiger partial charge in [-0.3, -0.25) is 0 Å². The maximum atomic E-state index is 10.9. The van der Waals surface area contributed by atoms with Gasteiger partial charge in [0.25, 0.3) is 0 Å². The Hall–Kier alpha value is -13.3. The van der Waals surface area contributed by atoms with Crippen molar-refractivity contribution in [3.63, 3.8) is 0 Å². The van der Waals surface area contributed by atoms with Gasteiger partial charge in [0, 0.05) is 21.5 Å². The molecule has 10 aromatic carbocycles. The van der Waals surface area contributed by atoms with E-state index in [1.54, 1.807) is 84.9 Å². The predicted molar refractivity (Wildman–Crippen MR) is 309 cm³/mol. The minimum Gasteiger partial charge on any atom is -0.308 e. The molecule has 0 aliphatic heterocycles. The quantitative estimate of drug-likeness (QED) is 0.146. The van der Waals surface area contributed by atoms with Crippen molar-refractivity contribution in [3.8, 4) is 128 Å². The molecular formula is C70H30N12. The lowest BCUT2D eigenvalue weighted by molar-refractivity contribution is 1.16. The van der Waals surface area contributed by atoms with E-state index in [1.807, 2.05) is 106 Å². The normalized spacial score (nSPS) is 10.6. The number of hydrogen-bond acceptors (Lipinski definition) is 10. The highest BCUT2D eigenvalue weighted by Crippen LogP contribution is 2.43. The van der Waals surface area contributed by atoms with Gasteiger partial charge in [-0.1, -0.05) is 60.7 Å². The van der Waals surface area contributed by atoms with Crippen molar-refractivity contribution in [1.82, 2.24) is 9.13 Å². The van der Waals surface area contributed by atoms with Crippen LogP contribution in [0.5, 0.6) is 0 Å². The first-order valence-electron chi connectivity index (χ1n) is 25.2. The molecule has 2 aromatic heterocycles. The summed E-state index contributed by atoms with van der Waals surface area (Å²) in [7, 11) is 0. The number of fused-ring (bicyclic) bond motifs is 6. The molecule has 12 heteroatoms. The van der Waals surface area contributed by atoms with Crippen molar-refractivity contribution in [2.75, 3.05) is 0 Å². The van der Waals surface area contributed by atoms with Crippen LogP contribution in [0.1, 0.15) is 55.6 Å². The van der Waals surface area contributed by atoms with Crippen molar-refractivity contribution < 1.29 is 0 Å². The Balaban J connectivity index is 1.07. The third kappa shape index (κ3) is 8.09. The number of benzene rings is 10. The van der Waals surface area contributed by atoms with E-state index in [4.69, 9.17) is 0 Å². The van der Waals surface area contributed by atoms with Crippen LogP contribution in [0.4, 0.5) is 0 Å². The number of rotatable bonds is 7. The Kier molecular flexibility index (Phi) is 12.1. The zero-order valence-electron chi connectivity index (χ0n) is 42.7. The van der Waals surface area contributed by atoms with Crippen LogP contribution in [0.15, 0.2) is 182 Å². The van der Waals surface area contributed by atoms with Crippen molar-refractivity contribution in [2.24, 2.45) is 0 Å². The third-order valence-corrected chi connectivity index (χ3v) is 14.9. The second kappa shape index (κ2) is 20.0. The van der Waals surface area contributed by atoms with E-state index in [-0.39, 0.29) is 0 Å². The summed E-state index contributed by atoms with van der Waals surface area (Å²) >= 11 is 0. The van der Waals surface area contributed by atoms with Crippen molar-refractivity contribution in [1.29, 1.82) is 52.6 Å². The molecule has 0 saturated carbocycles. The van der Waals surface area contributed by atoms with Crippen molar-refractivity contribution in [3.05, 3.63) is 238 Å². The van der Waals surface area contributed by atoms with Gasteiger partial charge in [-0.05, 0) is 177 Å². The van der Waals surface area contributed by atoms with Crippen molar-refractivity contribution >= 4 is 43.6 Å². The van der Waals surface area contributed by atoms with Gasteiger partial charge in [0.2, 0.25) is 0 Å². The Morgan fingerprint density at radius 1 is 0.207 bits per heavy atom. The van der Waals surface area contributed by atoms with Gasteiger partial charge in [-0.15, -0.1) is 0 Å². The molecule has 12 nitrogen and oxygen atoms in total. The molecule has 0 N–H and O–H groups in total. The highest BCUT2D eigenvalue weighted by atomic mass is 15.0. The van der Waals surface area contributed by atoms with Crippen LogP contribution >= 0.6 is 0 Å². The van der Waals surface area contributed by atoms with Crippen LogP contribution in [0.25, 0.3) is 111 Å². The number of nitrogens with zero attached hydrogens (tertiary/aromatic N) is 12. The Morgan fingerprint density at radius 3 is 0.683 bits per heavy atom. The number of hydrogen-bond donors (Lipinski definition) is 0. The summed E-state index contributed by atoms with van der Waals surface area (Å²) in [5.74, 6) is 0. The number of aromatic nitrogens is 2. The molecule has 0 fully saturated rings. The second-order valence-corrected chi connectivity index (χ2v) is 19.2. The van der Waals surface area contributed by atoms with E-state index in [0.717, 1.165) is 54.7 Å². The number of nitriles is 10. The third-order valence-electron chi connectivity index (χ3n) is 14.9. The van der Waals surface area contributed by atoms with E-state index in [9.17, 15) is 52.6 Å². The first kappa shape index (κ1) is 49.6. The minimum absolute atomic E-state index is 0.324. The predicted octanol–water partition coefficient (Wildman–Crippen LogP) is 14.9. The first-order valence-corrected chi connectivity index (χ1v) is 25.2. The molecule has 0 amide bonds. The molecule has 0 radical (unpaired) electrons. The smallest absolute Gasteiger partial charge is 0.101 e. The molecule has 0 aliphatic rings. The van der Waals surface area contributed by atoms with Crippen LogP contribution < -0.4 is 0 Å². The Morgan fingerprint density at radius 2 is 0.451 bits per heavy atom. The molecule has 0 saturated heterocycles. The van der Waals surface area contributed by atoms with E-state index >= 15 is 0 Å². The highest BCUT2D eigenvalue weighted by molar-refractivity contribution is 6.13. The lowest BCUT2D eigenvalue weighted by Crippen LogP contribution is -2.00. The van der Waals surface area contributed by atoms with Crippen LogP contribution in [-0.4, -0.2) is 9.13 Å². The van der Waals surface area contributed by atoms with Gasteiger partial charge in [-0.25, -0.2) is 0 Å².